The van der Waals surface area contributed by atoms with Gasteiger partial charge in [-0.05, 0) is 29.8 Å². The van der Waals surface area contributed by atoms with E-state index in [9.17, 15) is 14.9 Å². The fraction of sp³-hybridized carbons (Fsp3) is 0. The molecule has 1 aromatic rings. The molecule has 0 saturated heterocycles. The van der Waals surface area contributed by atoms with Crippen LogP contribution in [0.1, 0.15) is 5.56 Å². The maximum Gasteiger partial charge on any atom is 0.270 e. The van der Waals surface area contributed by atoms with Crippen LogP contribution in [-0.2, 0) is 4.79 Å². The van der Waals surface area contributed by atoms with E-state index in [1.165, 1.54) is 24.3 Å². The van der Waals surface area contributed by atoms with Crippen LogP contribution < -0.4 is 0 Å². The summed E-state index contributed by atoms with van der Waals surface area (Å²) in [5.41, 5.74) is 0.279. The molecule has 15 heavy (non-hydrogen) atoms. The van der Waals surface area contributed by atoms with Crippen molar-refractivity contribution in [2.24, 2.45) is 0 Å². The van der Waals surface area contributed by atoms with Crippen LogP contribution in [0.25, 0.3) is 6.08 Å². The van der Waals surface area contributed by atoms with E-state index in [4.69, 9.17) is 23.2 Å². The molecule has 0 N–H and O–H groups in total. The SMILES string of the molecule is O=C(Cl)C=Cc1cc([N+](=O)[O-])ccc1Cl. The molecule has 0 atom stereocenters. The number of carbonyl (C=O) groups is 1. The molecule has 0 aliphatic rings. The van der Waals surface area contributed by atoms with Crippen LogP contribution in [0.5, 0.6) is 0 Å². The highest BCUT2D eigenvalue weighted by Crippen LogP contribution is 2.23. The van der Waals surface area contributed by atoms with Crippen LogP contribution in [0, 0.1) is 10.1 Å². The molecule has 0 heterocycles. The first kappa shape index (κ1) is 11.7. The lowest BCUT2D eigenvalue weighted by Gasteiger charge is -1.97. The lowest BCUT2D eigenvalue weighted by molar-refractivity contribution is -0.384. The number of hydrogen-bond donors (Lipinski definition) is 0. The number of rotatable bonds is 3. The van der Waals surface area contributed by atoms with Crippen molar-refractivity contribution in [1.29, 1.82) is 0 Å². The topological polar surface area (TPSA) is 60.2 Å². The minimum absolute atomic E-state index is 0.0962. The Labute approximate surface area is 95.3 Å². The van der Waals surface area contributed by atoms with Gasteiger partial charge in [-0.2, -0.15) is 0 Å². The van der Waals surface area contributed by atoms with Crippen molar-refractivity contribution in [1.82, 2.24) is 0 Å². The lowest BCUT2D eigenvalue weighted by atomic mass is 10.2. The van der Waals surface area contributed by atoms with Crippen molar-refractivity contribution >= 4 is 40.2 Å². The van der Waals surface area contributed by atoms with E-state index in [0.717, 1.165) is 6.08 Å². The average molecular weight is 246 g/mol. The number of nitro benzene ring substituents is 1. The molecule has 1 rings (SSSR count). The van der Waals surface area contributed by atoms with Crippen LogP contribution in [-0.4, -0.2) is 10.2 Å². The Morgan fingerprint density at radius 1 is 1.47 bits per heavy atom. The van der Waals surface area contributed by atoms with Gasteiger partial charge in [-0.3, -0.25) is 14.9 Å². The van der Waals surface area contributed by atoms with Gasteiger partial charge in [0.25, 0.3) is 5.69 Å². The normalized spacial score (nSPS) is 10.5. The van der Waals surface area contributed by atoms with Gasteiger partial charge in [0, 0.05) is 22.7 Å². The summed E-state index contributed by atoms with van der Waals surface area (Å²) in [6.45, 7) is 0. The van der Waals surface area contributed by atoms with Crippen LogP contribution >= 0.6 is 23.2 Å². The standard InChI is InChI=1S/C9H5Cl2NO3/c10-8-3-2-7(12(14)15)5-6(8)1-4-9(11)13/h1-5H. The summed E-state index contributed by atoms with van der Waals surface area (Å²) in [6.07, 6.45) is 2.40. The predicted molar refractivity (Wildman–Crippen MR) is 58.0 cm³/mol. The molecular weight excluding hydrogens is 241 g/mol. The highest BCUT2D eigenvalue weighted by atomic mass is 35.5. The highest BCUT2D eigenvalue weighted by molar-refractivity contribution is 6.66. The van der Waals surface area contributed by atoms with Gasteiger partial charge in [-0.15, -0.1) is 0 Å². The predicted octanol–water partition coefficient (Wildman–Crippen LogP) is 3.03. The van der Waals surface area contributed by atoms with Gasteiger partial charge in [-0.1, -0.05) is 11.6 Å². The maximum atomic E-state index is 10.4. The Bertz CT molecular complexity index is 443. The van der Waals surface area contributed by atoms with Crippen LogP contribution in [0.3, 0.4) is 0 Å². The fourth-order valence-electron chi connectivity index (χ4n) is 0.928. The summed E-state index contributed by atoms with van der Waals surface area (Å²) in [4.78, 5) is 20.4. The summed E-state index contributed by atoms with van der Waals surface area (Å²) in [7, 11) is 0. The van der Waals surface area contributed by atoms with Crippen molar-refractivity contribution in [3.63, 3.8) is 0 Å². The number of benzene rings is 1. The minimum Gasteiger partial charge on any atom is -0.276 e. The number of nitro groups is 1. The van der Waals surface area contributed by atoms with E-state index in [1.54, 1.807) is 0 Å². The zero-order valence-electron chi connectivity index (χ0n) is 7.31. The Morgan fingerprint density at radius 2 is 2.13 bits per heavy atom. The summed E-state index contributed by atoms with van der Waals surface area (Å²) >= 11 is 10.8. The molecule has 0 aromatic heterocycles. The molecule has 0 bridgehead atoms. The van der Waals surface area contributed by atoms with E-state index < -0.39 is 10.2 Å². The third-order valence-electron chi connectivity index (χ3n) is 1.58. The third kappa shape index (κ3) is 3.34. The van der Waals surface area contributed by atoms with Crippen LogP contribution in [0.2, 0.25) is 5.02 Å². The van der Waals surface area contributed by atoms with Crippen molar-refractivity contribution in [3.8, 4) is 0 Å². The average Bonchev–Trinajstić information content (AvgIpc) is 2.16. The molecule has 0 aliphatic carbocycles. The van der Waals surface area contributed by atoms with Crippen LogP contribution in [0.4, 0.5) is 5.69 Å². The van der Waals surface area contributed by atoms with Gasteiger partial charge in [0.1, 0.15) is 0 Å². The van der Waals surface area contributed by atoms with Crippen molar-refractivity contribution in [2.45, 2.75) is 0 Å². The van der Waals surface area contributed by atoms with Gasteiger partial charge in [0.2, 0.25) is 5.24 Å². The molecular formula is C9H5Cl2NO3. The van der Waals surface area contributed by atoms with Crippen molar-refractivity contribution < 1.29 is 9.72 Å². The summed E-state index contributed by atoms with van der Waals surface area (Å²) in [5.74, 6) is 0. The fourth-order valence-corrected chi connectivity index (χ4v) is 1.17. The molecule has 0 amide bonds. The zero-order chi connectivity index (χ0) is 11.4. The molecule has 6 heteroatoms. The highest BCUT2D eigenvalue weighted by Gasteiger charge is 2.07. The maximum absolute atomic E-state index is 10.4. The van der Waals surface area contributed by atoms with Crippen LogP contribution in [0.15, 0.2) is 24.3 Å². The first-order chi connectivity index (χ1) is 7.00. The smallest absolute Gasteiger partial charge is 0.270 e. The Hall–Kier alpha value is -1.39. The number of allylic oxidation sites excluding steroid dienone is 1. The summed E-state index contributed by atoms with van der Waals surface area (Å²) in [5, 5.41) is 10.1. The monoisotopic (exact) mass is 245 g/mol. The number of halogens is 2. The number of carbonyl (C=O) groups excluding carboxylic acids is 1. The Kier molecular flexibility index (Phi) is 3.82. The first-order valence-corrected chi connectivity index (χ1v) is 4.58. The third-order valence-corrected chi connectivity index (χ3v) is 2.05. The molecule has 1 aromatic carbocycles. The second kappa shape index (κ2) is 4.91. The summed E-state index contributed by atoms with van der Waals surface area (Å²) in [6, 6.07) is 3.93. The Morgan fingerprint density at radius 3 is 2.67 bits per heavy atom. The van der Waals surface area contributed by atoms with Gasteiger partial charge in [0.15, 0.2) is 0 Å². The van der Waals surface area contributed by atoms with E-state index in [1.807, 2.05) is 0 Å². The number of hydrogen-bond acceptors (Lipinski definition) is 3. The molecule has 0 spiro atoms. The lowest BCUT2D eigenvalue weighted by Crippen LogP contribution is -1.88. The molecule has 0 fully saturated rings. The van der Waals surface area contributed by atoms with E-state index in [2.05, 4.69) is 0 Å². The Balaban J connectivity index is 3.11. The second-order valence-corrected chi connectivity index (χ2v) is 3.38. The van der Waals surface area contributed by atoms with Gasteiger partial charge in [0.05, 0.1) is 4.92 Å². The minimum atomic E-state index is -0.669. The molecule has 4 nitrogen and oxygen atoms in total. The van der Waals surface area contributed by atoms with Crippen molar-refractivity contribution in [2.75, 3.05) is 0 Å². The van der Waals surface area contributed by atoms with Gasteiger partial charge >= 0.3 is 0 Å². The second-order valence-electron chi connectivity index (χ2n) is 2.60. The zero-order valence-corrected chi connectivity index (χ0v) is 8.83. The largest absolute Gasteiger partial charge is 0.276 e. The molecule has 78 valence electrons. The van der Waals surface area contributed by atoms with Crippen molar-refractivity contribution in [3.05, 3.63) is 45.0 Å². The molecule has 0 unspecified atom stereocenters. The van der Waals surface area contributed by atoms with E-state index in [-0.39, 0.29) is 5.69 Å². The summed E-state index contributed by atoms with van der Waals surface area (Å²) < 4.78 is 0. The van der Waals surface area contributed by atoms with E-state index >= 15 is 0 Å². The van der Waals surface area contributed by atoms with Gasteiger partial charge < -0.3 is 0 Å². The quantitative estimate of drug-likeness (QED) is 0.356. The van der Waals surface area contributed by atoms with E-state index in [0.29, 0.717) is 10.6 Å². The number of non-ortho nitro benzene ring substituents is 1. The number of nitrogens with zero attached hydrogens (tertiary/aromatic N) is 1. The molecule has 0 radical (unpaired) electrons. The first-order valence-electron chi connectivity index (χ1n) is 3.82. The molecule has 0 saturated carbocycles. The molecule has 0 aliphatic heterocycles. The van der Waals surface area contributed by atoms with Gasteiger partial charge in [-0.25, -0.2) is 0 Å².